The number of benzene rings is 3. The van der Waals surface area contributed by atoms with E-state index in [9.17, 15) is 14.0 Å². The number of aliphatic imine (C=N–C) groups is 2. The van der Waals surface area contributed by atoms with Gasteiger partial charge in [-0.25, -0.2) is 9.38 Å². The van der Waals surface area contributed by atoms with Crippen molar-refractivity contribution in [3.63, 3.8) is 0 Å². The maximum Gasteiger partial charge on any atom is 0.271 e. The van der Waals surface area contributed by atoms with Gasteiger partial charge in [-0.2, -0.15) is 4.99 Å². The van der Waals surface area contributed by atoms with E-state index >= 15 is 0 Å². The van der Waals surface area contributed by atoms with Gasteiger partial charge < -0.3 is 9.80 Å². The maximum absolute atomic E-state index is 14.3. The van der Waals surface area contributed by atoms with Crippen molar-refractivity contribution >= 4 is 46.0 Å². The number of rotatable bonds is 5. The standard InChI is InChI=1S/C29H26FN5O2S/c30-23-12-6-4-8-20(23)19-38-29-31-24-13-7-5-11-22(24)27-32-28(37)25(35(27)29)18-26(36)34-16-14-33(15-17-34)21-9-2-1-3-10-21/h1-13,25H,14-19H2. The molecule has 3 aromatic rings. The van der Waals surface area contributed by atoms with Crippen molar-refractivity contribution in [3.8, 4) is 0 Å². The second kappa shape index (κ2) is 10.4. The van der Waals surface area contributed by atoms with Crippen LogP contribution in [0.3, 0.4) is 0 Å². The molecule has 1 unspecified atom stereocenters. The summed E-state index contributed by atoms with van der Waals surface area (Å²) in [6.07, 6.45) is 0.0125. The molecule has 3 aromatic carbocycles. The summed E-state index contributed by atoms with van der Waals surface area (Å²) < 4.78 is 14.3. The SMILES string of the molecule is O=C1N=C2c3ccccc3N=C(SCc3ccccc3F)N2C1CC(=O)N1CCN(c2ccccc2)CC1. The number of piperazine rings is 1. The Morgan fingerprint density at radius 1 is 0.895 bits per heavy atom. The summed E-state index contributed by atoms with van der Waals surface area (Å²) in [5.74, 6) is 0.123. The van der Waals surface area contributed by atoms with Crippen molar-refractivity contribution in [1.82, 2.24) is 9.80 Å². The number of para-hydroxylation sites is 2. The zero-order chi connectivity index (χ0) is 26.1. The van der Waals surface area contributed by atoms with E-state index < -0.39 is 6.04 Å². The fraction of sp³-hybridized carbons (Fsp3) is 0.241. The summed E-state index contributed by atoms with van der Waals surface area (Å²) in [6, 6.07) is 23.5. The van der Waals surface area contributed by atoms with Crippen LogP contribution in [0.15, 0.2) is 88.8 Å². The smallest absolute Gasteiger partial charge is 0.271 e. The number of thioether (sulfide) groups is 1. The van der Waals surface area contributed by atoms with Crippen LogP contribution in [0.25, 0.3) is 0 Å². The first-order chi connectivity index (χ1) is 18.6. The van der Waals surface area contributed by atoms with Crippen LogP contribution in [0.5, 0.6) is 0 Å². The fourth-order valence-electron chi connectivity index (χ4n) is 5.01. The Hall–Kier alpha value is -3.98. The van der Waals surface area contributed by atoms with Gasteiger partial charge >= 0.3 is 0 Å². The van der Waals surface area contributed by atoms with Gasteiger partial charge in [-0.05, 0) is 35.9 Å². The van der Waals surface area contributed by atoms with Crippen LogP contribution in [-0.4, -0.2) is 64.8 Å². The number of amides is 2. The zero-order valence-electron chi connectivity index (χ0n) is 20.7. The topological polar surface area (TPSA) is 68.6 Å². The van der Waals surface area contributed by atoms with Crippen molar-refractivity contribution in [2.45, 2.75) is 18.2 Å². The lowest BCUT2D eigenvalue weighted by Crippen LogP contribution is -2.51. The minimum absolute atomic E-state index is 0.0125. The fourth-order valence-corrected chi connectivity index (χ4v) is 6.04. The largest absolute Gasteiger partial charge is 0.368 e. The Labute approximate surface area is 224 Å². The molecule has 1 fully saturated rings. The van der Waals surface area contributed by atoms with E-state index in [1.165, 1.54) is 17.8 Å². The maximum atomic E-state index is 14.3. The minimum Gasteiger partial charge on any atom is -0.368 e. The molecule has 3 aliphatic rings. The summed E-state index contributed by atoms with van der Waals surface area (Å²) in [5.41, 5.74) is 3.15. The van der Waals surface area contributed by atoms with Crippen molar-refractivity contribution in [2.75, 3.05) is 31.1 Å². The Morgan fingerprint density at radius 2 is 1.61 bits per heavy atom. The van der Waals surface area contributed by atoms with Crippen molar-refractivity contribution in [3.05, 3.63) is 95.8 Å². The number of hydrogen-bond donors (Lipinski definition) is 0. The highest BCUT2D eigenvalue weighted by Gasteiger charge is 2.43. The monoisotopic (exact) mass is 527 g/mol. The van der Waals surface area contributed by atoms with Crippen LogP contribution in [0.4, 0.5) is 15.8 Å². The lowest BCUT2D eigenvalue weighted by atomic mass is 10.1. The predicted molar refractivity (Wildman–Crippen MR) is 148 cm³/mol. The molecule has 0 spiro atoms. The van der Waals surface area contributed by atoms with Crippen LogP contribution in [0.1, 0.15) is 17.5 Å². The Kier molecular flexibility index (Phi) is 6.68. The van der Waals surface area contributed by atoms with E-state index in [4.69, 9.17) is 4.99 Å². The van der Waals surface area contributed by atoms with Crippen molar-refractivity contribution < 1.29 is 14.0 Å². The van der Waals surface area contributed by atoms with E-state index in [-0.39, 0.29) is 24.1 Å². The van der Waals surface area contributed by atoms with Crippen LogP contribution in [-0.2, 0) is 15.3 Å². The van der Waals surface area contributed by atoms with E-state index in [0.29, 0.717) is 41.1 Å². The molecular formula is C29H26FN5O2S. The molecule has 3 heterocycles. The molecule has 3 aliphatic heterocycles. The lowest BCUT2D eigenvalue weighted by molar-refractivity contribution is -0.134. The molecular weight excluding hydrogens is 501 g/mol. The molecule has 0 radical (unpaired) electrons. The number of carbonyl (C=O) groups excluding carboxylic acids is 2. The summed E-state index contributed by atoms with van der Waals surface area (Å²) in [7, 11) is 0. The highest BCUT2D eigenvalue weighted by molar-refractivity contribution is 8.13. The number of halogens is 1. The van der Waals surface area contributed by atoms with Crippen molar-refractivity contribution in [2.24, 2.45) is 9.98 Å². The third-order valence-electron chi connectivity index (χ3n) is 7.04. The molecule has 38 heavy (non-hydrogen) atoms. The molecule has 0 N–H and O–H groups in total. The van der Waals surface area contributed by atoms with Crippen LogP contribution < -0.4 is 4.90 Å². The molecule has 0 aromatic heterocycles. The first kappa shape index (κ1) is 24.4. The van der Waals surface area contributed by atoms with Crippen LogP contribution in [0, 0.1) is 5.82 Å². The quantitative estimate of drug-likeness (QED) is 0.490. The molecule has 6 rings (SSSR count). The number of anilines is 1. The average Bonchev–Trinajstić information content (AvgIpc) is 3.29. The number of hydrogen-bond acceptors (Lipinski definition) is 6. The van der Waals surface area contributed by atoms with Gasteiger partial charge in [0, 0.05) is 43.2 Å². The molecule has 0 bridgehead atoms. The molecule has 7 nitrogen and oxygen atoms in total. The zero-order valence-corrected chi connectivity index (χ0v) is 21.5. The van der Waals surface area contributed by atoms with Gasteiger partial charge in [0.1, 0.15) is 17.7 Å². The summed E-state index contributed by atoms with van der Waals surface area (Å²) in [6.45, 7) is 2.65. The summed E-state index contributed by atoms with van der Waals surface area (Å²) in [5, 5.41) is 0.545. The molecule has 9 heteroatoms. The Morgan fingerprint density at radius 3 is 2.39 bits per heavy atom. The normalized spacial score (nSPS) is 18.6. The van der Waals surface area contributed by atoms with Crippen LogP contribution >= 0.6 is 11.8 Å². The minimum atomic E-state index is -0.773. The van der Waals surface area contributed by atoms with Gasteiger partial charge in [-0.3, -0.25) is 14.5 Å². The lowest BCUT2D eigenvalue weighted by Gasteiger charge is -2.37. The number of amidine groups is 2. The Bertz CT molecular complexity index is 1440. The highest BCUT2D eigenvalue weighted by atomic mass is 32.2. The summed E-state index contributed by atoms with van der Waals surface area (Å²) >= 11 is 1.34. The third kappa shape index (κ3) is 4.69. The van der Waals surface area contributed by atoms with Gasteiger partial charge in [0.2, 0.25) is 5.91 Å². The van der Waals surface area contributed by atoms with Crippen molar-refractivity contribution in [1.29, 1.82) is 0 Å². The van der Waals surface area contributed by atoms with Gasteiger partial charge in [0.05, 0.1) is 12.1 Å². The van der Waals surface area contributed by atoms with Gasteiger partial charge in [0.25, 0.3) is 5.91 Å². The van der Waals surface area contributed by atoms with E-state index in [1.807, 2.05) is 47.4 Å². The predicted octanol–water partition coefficient (Wildman–Crippen LogP) is 4.46. The molecule has 0 saturated carbocycles. The average molecular weight is 528 g/mol. The van der Waals surface area contributed by atoms with E-state index in [1.54, 1.807) is 23.1 Å². The summed E-state index contributed by atoms with van der Waals surface area (Å²) in [4.78, 5) is 41.5. The second-order valence-corrected chi connectivity index (χ2v) is 10.3. The van der Waals surface area contributed by atoms with E-state index in [0.717, 1.165) is 24.3 Å². The molecule has 1 saturated heterocycles. The van der Waals surface area contributed by atoms with E-state index in [2.05, 4.69) is 22.0 Å². The number of fused-ring (bicyclic) bond motifs is 3. The van der Waals surface area contributed by atoms with Gasteiger partial charge in [0.15, 0.2) is 5.17 Å². The first-order valence-corrected chi connectivity index (χ1v) is 13.6. The third-order valence-corrected chi connectivity index (χ3v) is 8.05. The van der Waals surface area contributed by atoms with Gasteiger partial charge in [-0.15, -0.1) is 0 Å². The molecule has 192 valence electrons. The molecule has 1 atom stereocenters. The van der Waals surface area contributed by atoms with Crippen LogP contribution in [0.2, 0.25) is 0 Å². The number of carbonyl (C=O) groups is 2. The molecule has 0 aliphatic carbocycles. The number of nitrogens with zero attached hydrogens (tertiary/aromatic N) is 5. The second-order valence-electron chi connectivity index (χ2n) is 9.36. The highest BCUT2D eigenvalue weighted by Crippen LogP contribution is 2.36. The Balaban J connectivity index is 1.19. The van der Waals surface area contributed by atoms with Gasteiger partial charge in [-0.1, -0.05) is 60.3 Å². The molecule has 2 amide bonds. The first-order valence-electron chi connectivity index (χ1n) is 12.6.